The SMILES string of the molecule is COCC1(COC)C/C(=C\C(=O)Nc2cccc3c2CCSN3)c2ccc(C(F)(F)F)cc2O1. The number of nitrogens with one attached hydrogen (secondary N) is 2. The molecule has 0 saturated carbocycles. The summed E-state index contributed by atoms with van der Waals surface area (Å²) >= 11 is 1.61. The Labute approximate surface area is 200 Å². The van der Waals surface area contributed by atoms with Crippen LogP contribution in [0.1, 0.15) is 23.1 Å². The van der Waals surface area contributed by atoms with Crippen molar-refractivity contribution >= 4 is 34.8 Å². The molecule has 0 fully saturated rings. The molecular weight excluding hydrogens is 469 g/mol. The van der Waals surface area contributed by atoms with Crippen molar-refractivity contribution in [2.75, 3.05) is 43.2 Å². The average molecular weight is 495 g/mol. The van der Waals surface area contributed by atoms with Crippen LogP contribution in [-0.4, -0.2) is 44.7 Å². The van der Waals surface area contributed by atoms with Crippen LogP contribution in [0, 0.1) is 0 Å². The van der Waals surface area contributed by atoms with Crippen molar-refractivity contribution in [2.24, 2.45) is 0 Å². The minimum Gasteiger partial charge on any atom is -0.481 e. The van der Waals surface area contributed by atoms with Crippen molar-refractivity contribution in [3.05, 3.63) is 59.2 Å². The molecule has 182 valence electrons. The highest BCUT2D eigenvalue weighted by atomic mass is 32.2. The molecule has 0 radical (unpaired) electrons. The molecule has 4 rings (SSSR count). The maximum atomic E-state index is 13.3. The minimum absolute atomic E-state index is 0.0348. The Bertz CT molecular complexity index is 1100. The molecule has 1 amide bonds. The summed E-state index contributed by atoms with van der Waals surface area (Å²) in [5.74, 6) is 0.537. The second kappa shape index (κ2) is 9.89. The molecule has 2 aromatic rings. The Kier molecular flexibility index (Phi) is 7.11. The number of alkyl halides is 3. The normalized spacial score (nSPS) is 17.9. The number of fused-ring (bicyclic) bond motifs is 2. The largest absolute Gasteiger partial charge is 0.481 e. The Hall–Kier alpha value is -2.69. The van der Waals surface area contributed by atoms with Gasteiger partial charge < -0.3 is 24.2 Å². The van der Waals surface area contributed by atoms with E-state index in [2.05, 4.69) is 10.0 Å². The fourth-order valence-corrected chi connectivity index (χ4v) is 5.05. The number of anilines is 2. The fraction of sp³-hybridized carbons (Fsp3) is 0.375. The maximum absolute atomic E-state index is 13.3. The van der Waals surface area contributed by atoms with Gasteiger partial charge in [-0.25, -0.2) is 0 Å². The van der Waals surface area contributed by atoms with Crippen LogP contribution in [0.2, 0.25) is 0 Å². The Morgan fingerprint density at radius 2 is 2.00 bits per heavy atom. The van der Waals surface area contributed by atoms with Crippen molar-refractivity contribution in [3.8, 4) is 5.75 Å². The first-order valence-corrected chi connectivity index (χ1v) is 11.6. The summed E-state index contributed by atoms with van der Waals surface area (Å²) in [5.41, 5.74) is 1.74. The van der Waals surface area contributed by atoms with Gasteiger partial charge in [0.05, 0.1) is 18.8 Å². The van der Waals surface area contributed by atoms with Crippen LogP contribution < -0.4 is 14.8 Å². The lowest BCUT2D eigenvalue weighted by atomic mass is 9.86. The third kappa shape index (κ3) is 5.18. The third-order valence-electron chi connectivity index (χ3n) is 5.68. The molecular formula is C24H25F3N2O4S. The van der Waals surface area contributed by atoms with E-state index < -0.39 is 17.3 Å². The standard InChI is InChI=1S/C24H25F3N2O4S/c1-31-13-23(14-32-2)12-15(17-7-6-16(24(25,26)27)11-21(17)33-23)10-22(30)28-19-4-3-5-20-18(19)8-9-34-29-20/h3-7,10-11,29H,8-9,12-14H2,1-2H3,(H,28,30)/b15-10+. The van der Waals surface area contributed by atoms with Crippen LogP contribution in [0.5, 0.6) is 5.75 Å². The van der Waals surface area contributed by atoms with Crippen LogP contribution in [0.4, 0.5) is 24.5 Å². The molecule has 2 aliphatic heterocycles. The van der Waals surface area contributed by atoms with Gasteiger partial charge in [-0.05, 0) is 36.3 Å². The van der Waals surface area contributed by atoms with Gasteiger partial charge in [0.15, 0.2) is 5.60 Å². The molecule has 2 aliphatic rings. The monoisotopic (exact) mass is 494 g/mol. The highest BCUT2D eigenvalue weighted by molar-refractivity contribution is 8.00. The summed E-state index contributed by atoms with van der Waals surface area (Å²) in [4.78, 5) is 13.0. The van der Waals surface area contributed by atoms with Crippen LogP contribution in [0.3, 0.4) is 0 Å². The number of benzene rings is 2. The van der Waals surface area contributed by atoms with E-state index in [1.165, 1.54) is 26.4 Å². The molecule has 2 heterocycles. The lowest BCUT2D eigenvalue weighted by Gasteiger charge is -2.39. The van der Waals surface area contributed by atoms with Crippen LogP contribution in [-0.2, 0) is 26.9 Å². The van der Waals surface area contributed by atoms with Gasteiger partial charge in [0, 0.05) is 55.0 Å². The predicted molar refractivity (Wildman–Crippen MR) is 126 cm³/mol. The number of amides is 1. The molecule has 2 aromatic carbocycles. The van der Waals surface area contributed by atoms with E-state index in [4.69, 9.17) is 14.2 Å². The average Bonchev–Trinajstić information content (AvgIpc) is 2.78. The molecule has 0 saturated heterocycles. The summed E-state index contributed by atoms with van der Waals surface area (Å²) in [5, 5.41) is 2.93. The number of ether oxygens (including phenoxy) is 3. The van der Waals surface area contributed by atoms with Gasteiger partial charge in [0.2, 0.25) is 5.91 Å². The van der Waals surface area contributed by atoms with Gasteiger partial charge in [0.25, 0.3) is 0 Å². The lowest BCUT2D eigenvalue weighted by molar-refractivity contribution is -0.138. The van der Waals surface area contributed by atoms with Gasteiger partial charge in [0.1, 0.15) is 5.75 Å². The molecule has 0 aromatic heterocycles. The van der Waals surface area contributed by atoms with Crippen molar-refractivity contribution in [2.45, 2.75) is 24.6 Å². The van der Waals surface area contributed by atoms with E-state index in [0.717, 1.165) is 35.6 Å². The molecule has 34 heavy (non-hydrogen) atoms. The highest BCUT2D eigenvalue weighted by Crippen LogP contribution is 2.44. The van der Waals surface area contributed by atoms with E-state index in [1.807, 2.05) is 18.2 Å². The second-order valence-electron chi connectivity index (χ2n) is 8.23. The number of carbonyl (C=O) groups excluding carboxylic acids is 1. The third-order valence-corrected chi connectivity index (χ3v) is 6.46. The van der Waals surface area contributed by atoms with Crippen molar-refractivity contribution < 1.29 is 32.2 Å². The molecule has 0 aliphatic carbocycles. The zero-order chi connectivity index (χ0) is 24.3. The lowest BCUT2D eigenvalue weighted by Crippen LogP contribution is -2.47. The number of methoxy groups -OCH3 is 2. The van der Waals surface area contributed by atoms with Crippen molar-refractivity contribution in [1.29, 1.82) is 0 Å². The first-order chi connectivity index (χ1) is 16.2. The summed E-state index contributed by atoms with van der Waals surface area (Å²) in [7, 11) is 2.95. The fourth-order valence-electron chi connectivity index (χ4n) is 4.30. The first kappa shape index (κ1) is 24.4. The number of halogens is 3. The smallest absolute Gasteiger partial charge is 0.416 e. The number of rotatable bonds is 6. The quantitative estimate of drug-likeness (QED) is 0.427. The molecule has 0 spiro atoms. The van der Waals surface area contributed by atoms with E-state index in [-0.39, 0.29) is 31.3 Å². The second-order valence-corrected chi connectivity index (χ2v) is 9.13. The van der Waals surface area contributed by atoms with Gasteiger partial charge in [-0.2, -0.15) is 13.2 Å². The Balaban J connectivity index is 1.70. The number of carbonyl (C=O) groups is 1. The highest BCUT2D eigenvalue weighted by Gasteiger charge is 2.41. The number of hydrogen-bond acceptors (Lipinski definition) is 6. The van der Waals surface area contributed by atoms with Gasteiger partial charge in [-0.3, -0.25) is 4.79 Å². The Morgan fingerprint density at radius 1 is 1.24 bits per heavy atom. The molecule has 6 nitrogen and oxygen atoms in total. The van der Waals surface area contributed by atoms with Gasteiger partial charge >= 0.3 is 6.18 Å². The van der Waals surface area contributed by atoms with Crippen LogP contribution >= 0.6 is 11.9 Å². The summed E-state index contributed by atoms with van der Waals surface area (Å²) < 4.78 is 59.9. The minimum atomic E-state index is -4.53. The molecule has 2 N–H and O–H groups in total. The molecule has 0 bridgehead atoms. The number of hydrogen-bond donors (Lipinski definition) is 2. The zero-order valence-electron chi connectivity index (χ0n) is 18.8. The Morgan fingerprint density at radius 3 is 2.71 bits per heavy atom. The summed E-state index contributed by atoms with van der Waals surface area (Å²) in [6.45, 7) is 0.149. The molecule has 0 atom stereocenters. The first-order valence-electron chi connectivity index (χ1n) is 10.6. The van der Waals surface area contributed by atoms with E-state index >= 15 is 0 Å². The zero-order valence-corrected chi connectivity index (χ0v) is 19.6. The molecule has 10 heteroatoms. The van der Waals surface area contributed by atoms with E-state index in [0.29, 0.717) is 16.8 Å². The van der Waals surface area contributed by atoms with Crippen LogP contribution in [0.15, 0.2) is 42.5 Å². The van der Waals surface area contributed by atoms with Gasteiger partial charge in [-0.1, -0.05) is 24.1 Å². The summed E-state index contributed by atoms with van der Waals surface area (Å²) in [6.07, 6.45) is -2.08. The van der Waals surface area contributed by atoms with Crippen molar-refractivity contribution in [3.63, 3.8) is 0 Å². The van der Waals surface area contributed by atoms with E-state index in [1.54, 1.807) is 11.9 Å². The summed E-state index contributed by atoms with van der Waals surface area (Å²) in [6, 6.07) is 8.92. The van der Waals surface area contributed by atoms with Crippen LogP contribution in [0.25, 0.3) is 5.57 Å². The maximum Gasteiger partial charge on any atom is 0.416 e. The van der Waals surface area contributed by atoms with E-state index in [9.17, 15) is 18.0 Å². The predicted octanol–water partition coefficient (Wildman–Crippen LogP) is 5.16. The van der Waals surface area contributed by atoms with Gasteiger partial charge in [-0.15, -0.1) is 0 Å². The molecule has 0 unspecified atom stereocenters. The van der Waals surface area contributed by atoms with Crippen molar-refractivity contribution in [1.82, 2.24) is 0 Å². The topological polar surface area (TPSA) is 68.8 Å².